The molecule has 0 aliphatic carbocycles. The molecule has 0 spiro atoms. The van der Waals surface area contributed by atoms with Crippen LogP contribution in [0.3, 0.4) is 0 Å². The number of hydrogen-bond donors (Lipinski definition) is 3. The normalized spacial score (nSPS) is 16.2. The van der Waals surface area contributed by atoms with Gasteiger partial charge >= 0.3 is 17.8 Å². The van der Waals surface area contributed by atoms with Gasteiger partial charge in [0.2, 0.25) is 5.84 Å². The van der Waals surface area contributed by atoms with Crippen LogP contribution in [-0.2, 0) is 22.6 Å². The van der Waals surface area contributed by atoms with E-state index in [1.807, 2.05) is 0 Å². The van der Waals surface area contributed by atoms with Gasteiger partial charge in [-0.1, -0.05) is 11.6 Å². The molecule has 1 aromatic carbocycles. The van der Waals surface area contributed by atoms with Gasteiger partial charge in [0.25, 0.3) is 5.91 Å². The number of aliphatic imine (C=N–C) groups is 1. The van der Waals surface area contributed by atoms with E-state index in [1.54, 1.807) is 0 Å². The molecule has 3 aromatic rings. The highest BCUT2D eigenvalue weighted by molar-refractivity contribution is 6.43. The first-order valence-corrected chi connectivity index (χ1v) is 11.4. The lowest BCUT2D eigenvalue weighted by atomic mass is 10.2. The van der Waals surface area contributed by atoms with E-state index < -0.39 is 42.6 Å². The van der Waals surface area contributed by atoms with Crippen molar-refractivity contribution < 1.29 is 32.6 Å². The van der Waals surface area contributed by atoms with Crippen LogP contribution in [0, 0.1) is 0 Å². The summed E-state index contributed by atoms with van der Waals surface area (Å²) in [5, 5.41) is 15.2. The first-order chi connectivity index (χ1) is 18.4. The van der Waals surface area contributed by atoms with Crippen molar-refractivity contribution in [3.05, 3.63) is 63.7 Å². The zero-order chi connectivity index (χ0) is 28.5. The Bertz CT molecular complexity index is 1490. The fraction of sp³-hybridized carbons (Fsp3) is 0.273. The molecule has 1 aliphatic heterocycles. The third kappa shape index (κ3) is 5.76. The fourth-order valence-electron chi connectivity index (χ4n) is 3.68. The summed E-state index contributed by atoms with van der Waals surface area (Å²) in [4.78, 5) is 45.7. The van der Waals surface area contributed by atoms with Gasteiger partial charge in [-0.25, -0.2) is 34.7 Å². The zero-order valence-corrected chi connectivity index (χ0v) is 20.7. The Kier molecular flexibility index (Phi) is 7.71. The number of alkyl halides is 3. The second-order valence-electron chi connectivity index (χ2n) is 8.13. The quantitative estimate of drug-likeness (QED) is 0.331. The summed E-state index contributed by atoms with van der Waals surface area (Å²) in [6.45, 7) is -1.51. The molecular formula is C22H20ClF3N8O5. The van der Waals surface area contributed by atoms with Crippen molar-refractivity contribution in [2.75, 3.05) is 12.1 Å². The van der Waals surface area contributed by atoms with Crippen LogP contribution < -0.4 is 21.9 Å². The maximum absolute atomic E-state index is 13.1. The number of nitrogens with two attached hydrogens (primary N) is 1. The van der Waals surface area contributed by atoms with Crippen LogP contribution in [0.1, 0.15) is 10.4 Å². The number of amides is 1. The van der Waals surface area contributed by atoms with Crippen LogP contribution in [0.2, 0.25) is 5.02 Å². The molecule has 3 heterocycles. The molecule has 4 N–H and O–H groups in total. The first-order valence-electron chi connectivity index (χ1n) is 11.1. The number of esters is 1. The minimum Gasteiger partial charge on any atom is -0.465 e. The number of primary amides is 1. The SMILES string of the molecule is COC(=O)c1cccnc1N1NC(Cn2nc(-c3ccc(Cl)cc3)n(C[C@H](O)C(F)(F)F)c2=O)N=C1C(N)=O. The number of carbonyl (C=O) groups is 2. The molecule has 4 rings (SSSR count). The molecule has 2 aromatic heterocycles. The molecule has 206 valence electrons. The van der Waals surface area contributed by atoms with E-state index in [9.17, 15) is 32.7 Å². The molecule has 1 amide bonds. The van der Waals surface area contributed by atoms with Gasteiger partial charge in [0.15, 0.2) is 17.7 Å². The Morgan fingerprint density at radius 3 is 2.56 bits per heavy atom. The van der Waals surface area contributed by atoms with Gasteiger partial charge < -0.3 is 15.6 Å². The molecule has 0 radical (unpaired) electrons. The zero-order valence-electron chi connectivity index (χ0n) is 20.0. The van der Waals surface area contributed by atoms with Gasteiger partial charge in [-0.3, -0.25) is 9.36 Å². The molecule has 1 aliphatic rings. The number of hydrogen-bond acceptors (Lipinski definition) is 10. The van der Waals surface area contributed by atoms with Crippen molar-refractivity contribution in [1.29, 1.82) is 0 Å². The largest absolute Gasteiger partial charge is 0.465 e. The molecule has 13 nitrogen and oxygen atoms in total. The average Bonchev–Trinajstić information content (AvgIpc) is 3.45. The molecule has 39 heavy (non-hydrogen) atoms. The smallest absolute Gasteiger partial charge is 0.416 e. The van der Waals surface area contributed by atoms with E-state index in [1.165, 1.54) is 42.6 Å². The number of aliphatic hydroxyl groups excluding tert-OH is 1. The molecule has 0 saturated heterocycles. The summed E-state index contributed by atoms with van der Waals surface area (Å²) in [5.74, 6) is -2.37. The number of amidine groups is 1. The summed E-state index contributed by atoms with van der Waals surface area (Å²) in [6.07, 6.45) is -7.59. The number of aromatic nitrogens is 4. The van der Waals surface area contributed by atoms with Crippen LogP contribution in [-0.4, -0.2) is 67.7 Å². The van der Waals surface area contributed by atoms with Crippen LogP contribution >= 0.6 is 11.6 Å². The number of nitrogens with one attached hydrogen (secondary N) is 1. The maximum Gasteiger partial charge on any atom is 0.416 e. The van der Waals surface area contributed by atoms with Gasteiger partial charge in [-0.2, -0.15) is 13.2 Å². The van der Waals surface area contributed by atoms with Crippen LogP contribution in [0.4, 0.5) is 19.0 Å². The average molecular weight is 569 g/mol. The lowest BCUT2D eigenvalue weighted by Gasteiger charge is -2.21. The molecule has 2 atom stereocenters. The molecule has 0 saturated carbocycles. The highest BCUT2D eigenvalue weighted by Crippen LogP contribution is 2.25. The monoisotopic (exact) mass is 568 g/mol. The van der Waals surface area contributed by atoms with Gasteiger partial charge in [-0.15, -0.1) is 5.10 Å². The highest BCUT2D eigenvalue weighted by atomic mass is 35.5. The third-order valence-corrected chi connectivity index (χ3v) is 5.75. The van der Waals surface area contributed by atoms with Crippen LogP contribution in [0.5, 0.6) is 0 Å². The molecule has 17 heteroatoms. The topological polar surface area (TPSA) is 170 Å². The predicted molar refractivity (Wildman–Crippen MR) is 131 cm³/mol. The van der Waals surface area contributed by atoms with E-state index in [0.717, 1.165) is 16.8 Å². The minimum atomic E-state index is -4.99. The Labute approximate surface area is 222 Å². The van der Waals surface area contributed by atoms with Gasteiger partial charge in [0.05, 0.1) is 20.2 Å². The number of halogens is 4. The van der Waals surface area contributed by atoms with Crippen molar-refractivity contribution in [3.63, 3.8) is 0 Å². The lowest BCUT2D eigenvalue weighted by Crippen LogP contribution is -2.47. The number of ether oxygens (including phenoxy) is 1. The molecular weight excluding hydrogens is 549 g/mol. The van der Waals surface area contributed by atoms with E-state index in [0.29, 0.717) is 9.59 Å². The molecule has 0 fully saturated rings. The number of anilines is 1. The maximum atomic E-state index is 13.1. The van der Waals surface area contributed by atoms with Crippen molar-refractivity contribution in [2.45, 2.75) is 31.5 Å². The Balaban J connectivity index is 1.70. The number of rotatable bonds is 8. The number of pyridine rings is 1. The Hall–Kier alpha value is -4.28. The van der Waals surface area contributed by atoms with Crippen molar-refractivity contribution >= 4 is 35.1 Å². The van der Waals surface area contributed by atoms with Gasteiger partial charge in [0, 0.05) is 16.8 Å². The van der Waals surface area contributed by atoms with E-state index in [-0.39, 0.29) is 35.1 Å². The number of methoxy groups -OCH3 is 1. The number of benzene rings is 1. The summed E-state index contributed by atoms with van der Waals surface area (Å²) >= 11 is 5.89. The van der Waals surface area contributed by atoms with Crippen molar-refractivity contribution in [2.24, 2.45) is 10.7 Å². The Morgan fingerprint density at radius 1 is 1.26 bits per heavy atom. The number of nitrogens with zero attached hydrogens (tertiary/aromatic N) is 6. The van der Waals surface area contributed by atoms with Gasteiger partial charge in [0.1, 0.15) is 11.7 Å². The van der Waals surface area contributed by atoms with Crippen LogP contribution in [0.25, 0.3) is 11.4 Å². The van der Waals surface area contributed by atoms with E-state index in [4.69, 9.17) is 22.1 Å². The lowest BCUT2D eigenvalue weighted by molar-refractivity contribution is -0.207. The second kappa shape index (κ2) is 10.8. The van der Waals surface area contributed by atoms with Gasteiger partial charge in [-0.05, 0) is 36.4 Å². The van der Waals surface area contributed by atoms with Crippen molar-refractivity contribution in [3.8, 4) is 11.4 Å². The fourth-order valence-corrected chi connectivity index (χ4v) is 3.81. The van der Waals surface area contributed by atoms with E-state index in [2.05, 4.69) is 20.5 Å². The summed E-state index contributed by atoms with van der Waals surface area (Å²) in [6, 6.07) is 8.65. The minimum absolute atomic E-state index is 0.0327. The summed E-state index contributed by atoms with van der Waals surface area (Å²) in [7, 11) is 1.15. The number of hydrazine groups is 1. The predicted octanol–water partition coefficient (Wildman–Crippen LogP) is 0.705. The Morgan fingerprint density at radius 2 is 1.95 bits per heavy atom. The molecule has 0 bridgehead atoms. The number of aliphatic hydroxyl groups is 1. The second-order valence-corrected chi connectivity index (χ2v) is 8.56. The van der Waals surface area contributed by atoms with Crippen LogP contribution in [0.15, 0.2) is 52.4 Å². The van der Waals surface area contributed by atoms with Crippen molar-refractivity contribution in [1.82, 2.24) is 24.8 Å². The van der Waals surface area contributed by atoms with E-state index >= 15 is 0 Å². The molecule has 1 unspecified atom stereocenters. The summed E-state index contributed by atoms with van der Waals surface area (Å²) in [5.41, 5.74) is 7.46. The standard InChI is InChI=1S/C22H20ClF3N8O5/c1-39-20(37)13-3-2-8-28-18(13)34-19(16(27)36)29-15(30-34)10-33-21(38)32(9-14(35)22(24,25)26)17(31-33)11-4-6-12(23)7-5-11/h2-8,14-15,30,35H,9-10H2,1H3,(H2,27,36)/t14-,15?/m0/s1. The first kappa shape index (κ1) is 27.7. The summed E-state index contributed by atoms with van der Waals surface area (Å²) < 4.78 is 45.5. The number of carbonyl (C=O) groups excluding carboxylic acids is 2. The highest BCUT2D eigenvalue weighted by Gasteiger charge is 2.40. The third-order valence-electron chi connectivity index (χ3n) is 5.50.